The van der Waals surface area contributed by atoms with Crippen LogP contribution in [0.5, 0.6) is 0 Å². The highest BCUT2D eigenvalue weighted by atomic mass is 35.5. The number of carbonyl (C=O) groups is 1. The molecule has 0 fully saturated rings. The van der Waals surface area contributed by atoms with Gasteiger partial charge in [0, 0.05) is 6.07 Å². The lowest BCUT2D eigenvalue weighted by Gasteiger charge is -2.02. The second-order valence-electron chi connectivity index (χ2n) is 2.57. The summed E-state index contributed by atoms with van der Waals surface area (Å²) >= 11 is 4.90. The third-order valence-electron chi connectivity index (χ3n) is 1.60. The molecule has 0 unspecified atom stereocenters. The first-order chi connectivity index (χ1) is 7.34. The van der Waals surface area contributed by atoms with Crippen molar-refractivity contribution in [3.05, 3.63) is 33.4 Å². The van der Waals surface area contributed by atoms with E-state index in [-0.39, 0.29) is 6.07 Å². The number of carbonyl (C=O) groups excluding carboxylic acids is 1. The van der Waals surface area contributed by atoms with Crippen LogP contribution in [0.1, 0.15) is 22.5 Å². The smallest absolute Gasteiger partial charge is 0.274 e. The zero-order valence-electron chi connectivity index (χ0n) is 7.29. The van der Waals surface area contributed by atoms with Crippen molar-refractivity contribution in [2.24, 2.45) is 0 Å². The van der Waals surface area contributed by atoms with Gasteiger partial charge in [-0.3, -0.25) is 14.9 Å². The lowest BCUT2D eigenvalue weighted by atomic mass is 10.2. The second kappa shape index (κ2) is 4.44. The summed E-state index contributed by atoms with van der Waals surface area (Å²) in [5, 5.41) is 9.00. The van der Waals surface area contributed by atoms with Crippen LogP contribution in [0.4, 0.5) is 18.9 Å². The number of nitrogens with zero attached hydrogens (tertiary/aromatic N) is 2. The predicted molar refractivity (Wildman–Crippen MR) is 46.0 cm³/mol. The Labute approximate surface area is 91.0 Å². The van der Waals surface area contributed by atoms with Crippen LogP contribution in [-0.2, 0) is 0 Å². The van der Waals surface area contributed by atoms with E-state index in [9.17, 15) is 28.1 Å². The highest BCUT2D eigenvalue weighted by Gasteiger charge is 2.27. The largest absolute Gasteiger partial charge is 0.300 e. The van der Waals surface area contributed by atoms with Crippen molar-refractivity contribution in [1.29, 1.82) is 0 Å². The maximum atomic E-state index is 12.9. The van der Waals surface area contributed by atoms with Gasteiger partial charge in [0.15, 0.2) is 0 Å². The molecule has 0 saturated heterocycles. The first kappa shape index (κ1) is 12.4. The number of rotatable bonds is 3. The first-order valence-electron chi connectivity index (χ1n) is 3.67. The van der Waals surface area contributed by atoms with Crippen LogP contribution in [0.3, 0.4) is 0 Å². The molecule has 9 heteroatoms. The van der Waals surface area contributed by atoms with E-state index in [1.807, 2.05) is 0 Å². The van der Waals surface area contributed by atoms with Crippen molar-refractivity contribution in [2.45, 2.75) is 6.43 Å². The molecule has 1 aromatic rings. The molecule has 0 aliphatic carbocycles. The molecule has 0 saturated carbocycles. The van der Waals surface area contributed by atoms with E-state index >= 15 is 0 Å². The van der Waals surface area contributed by atoms with Gasteiger partial charge in [0.05, 0.1) is 10.5 Å². The molecule has 0 radical (unpaired) electrons. The van der Waals surface area contributed by atoms with Crippen LogP contribution in [0.15, 0.2) is 6.07 Å². The Bertz CT molecular complexity index is 466. The Hall–Kier alpha value is -1.70. The molecule has 0 aliphatic heterocycles. The molecule has 86 valence electrons. The molecule has 1 rings (SSSR count). The zero-order valence-corrected chi connectivity index (χ0v) is 8.04. The minimum absolute atomic E-state index is 0.239. The van der Waals surface area contributed by atoms with Crippen LogP contribution in [0.2, 0.25) is 0 Å². The Morgan fingerprint density at radius 1 is 1.56 bits per heavy atom. The Kier molecular flexibility index (Phi) is 3.43. The van der Waals surface area contributed by atoms with E-state index in [1.54, 1.807) is 0 Å². The third kappa shape index (κ3) is 2.27. The van der Waals surface area contributed by atoms with Crippen molar-refractivity contribution in [3.8, 4) is 0 Å². The SMILES string of the molecule is O=C(Cl)c1nc(F)c(C(F)F)cc1[N+](=O)[O-]. The summed E-state index contributed by atoms with van der Waals surface area (Å²) in [6, 6.07) is 0.239. The molecule has 0 aliphatic rings. The van der Waals surface area contributed by atoms with Crippen LogP contribution in [0, 0.1) is 16.1 Å². The number of halogens is 4. The standard InChI is InChI=1S/C7H2ClF3N2O3/c8-5(14)4-3(13(15)16)1-2(6(9)10)7(11)12-4/h1,6H. The molecule has 1 heterocycles. The maximum Gasteiger partial charge on any atom is 0.300 e. The van der Waals surface area contributed by atoms with Gasteiger partial charge in [-0.05, 0) is 11.6 Å². The van der Waals surface area contributed by atoms with Gasteiger partial charge in [0.25, 0.3) is 11.7 Å². The van der Waals surface area contributed by atoms with Crippen LogP contribution >= 0.6 is 11.6 Å². The van der Waals surface area contributed by atoms with Crippen LogP contribution < -0.4 is 0 Å². The summed E-state index contributed by atoms with van der Waals surface area (Å²) in [5.41, 5.74) is -3.32. The number of hydrogen-bond acceptors (Lipinski definition) is 4. The highest BCUT2D eigenvalue weighted by Crippen LogP contribution is 2.27. The Balaban J connectivity index is 3.49. The minimum atomic E-state index is -3.27. The van der Waals surface area contributed by atoms with Crippen molar-refractivity contribution in [3.63, 3.8) is 0 Å². The van der Waals surface area contributed by atoms with Gasteiger partial charge in [0.1, 0.15) is 0 Å². The van der Waals surface area contributed by atoms with Gasteiger partial charge in [-0.25, -0.2) is 13.8 Å². The van der Waals surface area contributed by atoms with E-state index < -0.39 is 39.5 Å². The lowest BCUT2D eigenvalue weighted by molar-refractivity contribution is -0.385. The molecular formula is C7H2ClF3N2O3. The van der Waals surface area contributed by atoms with E-state index in [1.165, 1.54) is 0 Å². The Morgan fingerprint density at radius 3 is 2.50 bits per heavy atom. The van der Waals surface area contributed by atoms with Gasteiger partial charge >= 0.3 is 5.69 Å². The molecule has 0 aromatic carbocycles. The van der Waals surface area contributed by atoms with Crippen LogP contribution in [0.25, 0.3) is 0 Å². The molecule has 0 spiro atoms. The van der Waals surface area contributed by atoms with Gasteiger partial charge in [-0.15, -0.1) is 0 Å². The average molecular weight is 255 g/mol. The summed E-state index contributed by atoms with van der Waals surface area (Å²) in [6.45, 7) is 0. The lowest BCUT2D eigenvalue weighted by Crippen LogP contribution is -2.06. The summed E-state index contributed by atoms with van der Waals surface area (Å²) in [4.78, 5) is 22.6. The molecule has 16 heavy (non-hydrogen) atoms. The highest BCUT2D eigenvalue weighted by molar-refractivity contribution is 6.67. The van der Waals surface area contributed by atoms with Crippen molar-refractivity contribution >= 4 is 22.5 Å². The number of hydrogen-bond donors (Lipinski definition) is 0. The van der Waals surface area contributed by atoms with Gasteiger partial charge < -0.3 is 0 Å². The second-order valence-corrected chi connectivity index (χ2v) is 2.91. The van der Waals surface area contributed by atoms with Crippen molar-refractivity contribution in [2.75, 3.05) is 0 Å². The predicted octanol–water partition coefficient (Wildman–Crippen LogP) is 2.45. The molecule has 0 N–H and O–H groups in total. The minimum Gasteiger partial charge on any atom is -0.274 e. The number of nitro groups is 1. The molecular weight excluding hydrogens is 253 g/mol. The number of aromatic nitrogens is 1. The summed E-state index contributed by atoms with van der Waals surface area (Å²) in [6.07, 6.45) is -3.27. The van der Waals surface area contributed by atoms with E-state index in [0.29, 0.717) is 0 Å². The monoisotopic (exact) mass is 254 g/mol. The van der Waals surface area contributed by atoms with Crippen LogP contribution in [-0.4, -0.2) is 15.1 Å². The Morgan fingerprint density at radius 2 is 2.12 bits per heavy atom. The summed E-state index contributed by atoms with van der Waals surface area (Å²) < 4.78 is 37.2. The molecule has 0 atom stereocenters. The van der Waals surface area contributed by atoms with E-state index in [4.69, 9.17) is 11.6 Å². The summed E-state index contributed by atoms with van der Waals surface area (Å²) in [7, 11) is 0. The number of pyridine rings is 1. The number of alkyl halides is 2. The van der Waals surface area contributed by atoms with Crippen molar-refractivity contribution < 1.29 is 22.9 Å². The van der Waals surface area contributed by atoms with Gasteiger partial charge in [0.2, 0.25) is 11.6 Å². The first-order valence-corrected chi connectivity index (χ1v) is 4.05. The molecule has 0 amide bonds. The molecule has 0 bridgehead atoms. The quantitative estimate of drug-likeness (QED) is 0.359. The fourth-order valence-corrected chi connectivity index (χ4v) is 1.07. The fraction of sp³-hybridized carbons (Fsp3) is 0.143. The van der Waals surface area contributed by atoms with Gasteiger partial charge in [-0.1, -0.05) is 0 Å². The topological polar surface area (TPSA) is 73.1 Å². The fourth-order valence-electron chi connectivity index (χ4n) is 0.932. The normalized spacial score (nSPS) is 10.6. The van der Waals surface area contributed by atoms with E-state index in [0.717, 1.165) is 0 Å². The summed E-state index contributed by atoms with van der Waals surface area (Å²) in [5.74, 6) is -1.66. The average Bonchev–Trinajstić information content (AvgIpc) is 2.15. The third-order valence-corrected chi connectivity index (χ3v) is 1.78. The zero-order chi connectivity index (χ0) is 12.5. The van der Waals surface area contributed by atoms with E-state index in [2.05, 4.69) is 4.98 Å². The van der Waals surface area contributed by atoms with Crippen molar-refractivity contribution in [1.82, 2.24) is 4.98 Å². The molecule has 1 aromatic heterocycles. The maximum absolute atomic E-state index is 12.9. The van der Waals surface area contributed by atoms with Gasteiger partial charge in [-0.2, -0.15) is 4.39 Å². The molecule has 5 nitrogen and oxygen atoms in total.